The molecule has 2 heterocycles. The lowest BCUT2D eigenvalue weighted by Gasteiger charge is -2.12. The zero-order valence-electron chi connectivity index (χ0n) is 8.09. The monoisotopic (exact) mass is 237 g/mol. The van der Waals surface area contributed by atoms with Gasteiger partial charge in [0.2, 0.25) is 0 Å². The molecule has 2 aromatic rings. The van der Waals surface area contributed by atoms with E-state index in [1.807, 2.05) is 23.2 Å². The van der Waals surface area contributed by atoms with Gasteiger partial charge in [0.1, 0.15) is 16.1 Å². The summed E-state index contributed by atoms with van der Waals surface area (Å²) in [6.45, 7) is 0. The molecule has 1 saturated carbocycles. The highest BCUT2D eigenvalue weighted by atomic mass is 32.1. The van der Waals surface area contributed by atoms with Gasteiger partial charge >= 0.3 is 0 Å². The second kappa shape index (κ2) is 4.00. The summed E-state index contributed by atoms with van der Waals surface area (Å²) in [6, 6.07) is 0.875. The Hall–Kier alpha value is -0.780. The van der Waals surface area contributed by atoms with E-state index in [0.29, 0.717) is 6.04 Å². The van der Waals surface area contributed by atoms with Gasteiger partial charge in [-0.05, 0) is 12.8 Å². The molecule has 3 nitrogen and oxygen atoms in total. The summed E-state index contributed by atoms with van der Waals surface area (Å²) in [5.41, 5.74) is 0. The van der Waals surface area contributed by atoms with E-state index in [0.717, 1.165) is 10.0 Å². The van der Waals surface area contributed by atoms with Gasteiger partial charge in [0, 0.05) is 29.2 Å². The fraction of sp³-hybridized carbons (Fsp3) is 0.400. The molecule has 1 N–H and O–H groups in total. The van der Waals surface area contributed by atoms with Crippen LogP contribution in [0.1, 0.15) is 28.9 Å². The number of thiazole rings is 2. The van der Waals surface area contributed by atoms with E-state index in [9.17, 15) is 0 Å². The highest BCUT2D eigenvalue weighted by molar-refractivity contribution is 7.11. The van der Waals surface area contributed by atoms with Crippen molar-refractivity contribution in [3.05, 3.63) is 33.2 Å². The van der Waals surface area contributed by atoms with Crippen LogP contribution < -0.4 is 5.32 Å². The van der Waals surface area contributed by atoms with Gasteiger partial charge in [0.25, 0.3) is 0 Å². The normalized spacial score (nSPS) is 16.1. The predicted octanol–water partition coefficient (Wildman–Crippen LogP) is 2.44. The molecule has 5 heteroatoms. The Balaban J connectivity index is 1.87. The molecule has 0 aromatic carbocycles. The van der Waals surface area contributed by atoms with Crippen molar-refractivity contribution in [1.29, 1.82) is 0 Å². The van der Waals surface area contributed by atoms with Crippen LogP contribution in [0.25, 0.3) is 0 Å². The highest BCUT2D eigenvalue weighted by Gasteiger charge is 2.28. The largest absolute Gasteiger partial charge is 0.299 e. The molecule has 0 spiro atoms. The van der Waals surface area contributed by atoms with Gasteiger partial charge in [-0.15, -0.1) is 22.7 Å². The molecule has 15 heavy (non-hydrogen) atoms. The molecule has 0 aliphatic heterocycles. The van der Waals surface area contributed by atoms with Gasteiger partial charge in [0.15, 0.2) is 0 Å². The highest BCUT2D eigenvalue weighted by Crippen LogP contribution is 2.30. The first-order chi connectivity index (χ1) is 7.43. The molecule has 1 aliphatic carbocycles. The van der Waals surface area contributed by atoms with Crippen LogP contribution in [-0.2, 0) is 0 Å². The molecule has 0 unspecified atom stereocenters. The van der Waals surface area contributed by atoms with E-state index in [-0.39, 0.29) is 6.04 Å². The molecule has 2 aromatic heterocycles. The first-order valence-corrected chi connectivity index (χ1v) is 6.74. The van der Waals surface area contributed by atoms with Crippen molar-refractivity contribution in [2.45, 2.75) is 24.9 Å². The van der Waals surface area contributed by atoms with Crippen molar-refractivity contribution in [1.82, 2.24) is 15.3 Å². The minimum absolute atomic E-state index is 0.206. The molecule has 1 fully saturated rings. The third-order valence-electron chi connectivity index (χ3n) is 2.38. The van der Waals surface area contributed by atoms with E-state index in [2.05, 4.69) is 15.3 Å². The summed E-state index contributed by atoms with van der Waals surface area (Å²) in [7, 11) is 0. The maximum atomic E-state index is 4.38. The van der Waals surface area contributed by atoms with Crippen LogP contribution in [0.2, 0.25) is 0 Å². The Kier molecular flexibility index (Phi) is 2.52. The average Bonchev–Trinajstić information content (AvgIpc) is 2.77. The predicted molar refractivity (Wildman–Crippen MR) is 62.2 cm³/mol. The maximum absolute atomic E-state index is 4.38. The maximum Gasteiger partial charge on any atom is 0.117 e. The van der Waals surface area contributed by atoms with Gasteiger partial charge in [-0.1, -0.05) is 0 Å². The van der Waals surface area contributed by atoms with Crippen molar-refractivity contribution in [3.8, 4) is 0 Å². The number of rotatable bonds is 4. The molecule has 78 valence electrons. The lowest BCUT2D eigenvalue weighted by Crippen LogP contribution is -2.24. The molecular weight excluding hydrogens is 226 g/mol. The summed E-state index contributed by atoms with van der Waals surface area (Å²) in [6.07, 6.45) is 6.28. The Labute approximate surface area is 96.2 Å². The Morgan fingerprint density at radius 3 is 2.13 bits per heavy atom. The summed E-state index contributed by atoms with van der Waals surface area (Å²) in [4.78, 5) is 8.75. The smallest absolute Gasteiger partial charge is 0.117 e. The third-order valence-corrected chi connectivity index (χ3v) is 4.06. The van der Waals surface area contributed by atoms with E-state index < -0.39 is 0 Å². The van der Waals surface area contributed by atoms with Crippen molar-refractivity contribution in [2.75, 3.05) is 0 Å². The van der Waals surface area contributed by atoms with Gasteiger partial charge in [-0.3, -0.25) is 5.32 Å². The molecule has 0 amide bonds. The SMILES string of the molecule is c1csc(C(NC2CC2)c2nccs2)n1. The number of hydrogen-bond acceptors (Lipinski definition) is 5. The van der Waals surface area contributed by atoms with E-state index >= 15 is 0 Å². The van der Waals surface area contributed by atoms with E-state index in [1.165, 1.54) is 12.8 Å². The van der Waals surface area contributed by atoms with Crippen LogP contribution in [0.4, 0.5) is 0 Å². The molecule has 0 bridgehead atoms. The standard InChI is InChI=1S/C10H11N3S2/c1-2-7(1)13-8(9-11-3-5-14-9)10-12-4-6-15-10/h3-8,13H,1-2H2. The quantitative estimate of drug-likeness (QED) is 0.887. The van der Waals surface area contributed by atoms with E-state index in [4.69, 9.17) is 0 Å². The van der Waals surface area contributed by atoms with Crippen molar-refractivity contribution in [3.63, 3.8) is 0 Å². The number of hydrogen-bond donors (Lipinski definition) is 1. The summed E-state index contributed by atoms with van der Waals surface area (Å²) in [5, 5.41) is 9.87. The summed E-state index contributed by atoms with van der Waals surface area (Å²) < 4.78 is 0. The second-order valence-corrected chi connectivity index (χ2v) is 5.47. The topological polar surface area (TPSA) is 37.8 Å². The van der Waals surface area contributed by atoms with Crippen LogP contribution >= 0.6 is 22.7 Å². The lowest BCUT2D eigenvalue weighted by atomic mass is 10.3. The molecule has 3 rings (SSSR count). The van der Waals surface area contributed by atoms with Gasteiger partial charge in [0.05, 0.1) is 0 Å². The fourth-order valence-corrected chi connectivity index (χ4v) is 2.96. The number of nitrogens with zero attached hydrogens (tertiary/aromatic N) is 2. The Morgan fingerprint density at radius 1 is 1.13 bits per heavy atom. The van der Waals surface area contributed by atoms with Crippen LogP contribution in [0, 0.1) is 0 Å². The Morgan fingerprint density at radius 2 is 1.73 bits per heavy atom. The molecule has 0 saturated heterocycles. The zero-order valence-corrected chi connectivity index (χ0v) is 9.72. The van der Waals surface area contributed by atoms with Crippen LogP contribution in [0.5, 0.6) is 0 Å². The van der Waals surface area contributed by atoms with Gasteiger partial charge < -0.3 is 0 Å². The second-order valence-electron chi connectivity index (χ2n) is 3.61. The minimum atomic E-state index is 0.206. The zero-order chi connectivity index (χ0) is 10.1. The first kappa shape index (κ1) is 9.45. The van der Waals surface area contributed by atoms with Crippen molar-refractivity contribution >= 4 is 22.7 Å². The summed E-state index contributed by atoms with van der Waals surface area (Å²) >= 11 is 3.38. The van der Waals surface area contributed by atoms with Crippen LogP contribution in [-0.4, -0.2) is 16.0 Å². The van der Waals surface area contributed by atoms with Crippen LogP contribution in [0.15, 0.2) is 23.2 Å². The summed E-state index contributed by atoms with van der Waals surface area (Å²) in [5.74, 6) is 0. The molecule has 0 radical (unpaired) electrons. The van der Waals surface area contributed by atoms with E-state index in [1.54, 1.807) is 22.7 Å². The van der Waals surface area contributed by atoms with Gasteiger partial charge in [-0.25, -0.2) is 9.97 Å². The van der Waals surface area contributed by atoms with Crippen molar-refractivity contribution < 1.29 is 0 Å². The third kappa shape index (κ3) is 2.09. The molecule has 0 atom stereocenters. The minimum Gasteiger partial charge on any atom is -0.299 e. The fourth-order valence-electron chi connectivity index (χ4n) is 1.49. The molecular formula is C10H11N3S2. The number of aromatic nitrogens is 2. The lowest BCUT2D eigenvalue weighted by molar-refractivity contribution is 0.595. The average molecular weight is 237 g/mol. The van der Waals surface area contributed by atoms with Gasteiger partial charge in [-0.2, -0.15) is 0 Å². The molecule has 1 aliphatic rings. The number of nitrogens with one attached hydrogen (secondary N) is 1. The Bertz CT molecular complexity index is 372. The van der Waals surface area contributed by atoms with Crippen LogP contribution in [0.3, 0.4) is 0 Å². The van der Waals surface area contributed by atoms with Crippen molar-refractivity contribution in [2.24, 2.45) is 0 Å². The first-order valence-electron chi connectivity index (χ1n) is 4.98.